The first-order valence-electron chi connectivity index (χ1n) is 5.45. The van der Waals surface area contributed by atoms with E-state index in [2.05, 4.69) is 13.8 Å². The van der Waals surface area contributed by atoms with Crippen molar-refractivity contribution in [1.82, 2.24) is 4.90 Å². The van der Waals surface area contributed by atoms with Crippen LogP contribution in [0, 0.1) is 5.92 Å². The molecule has 2 nitrogen and oxygen atoms in total. The van der Waals surface area contributed by atoms with E-state index in [1.54, 1.807) is 0 Å². The summed E-state index contributed by atoms with van der Waals surface area (Å²) in [5.41, 5.74) is 0. The molecular formula is C11H20ClNOS. The fourth-order valence-electron chi connectivity index (χ4n) is 1.62. The summed E-state index contributed by atoms with van der Waals surface area (Å²) in [6.45, 7) is 8.14. The lowest BCUT2D eigenvalue weighted by molar-refractivity contribution is -0.134. The normalized spacial score (nSPS) is 23.3. The highest BCUT2D eigenvalue weighted by Gasteiger charge is 2.27. The average molecular weight is 250 g/mol. The molecule has 0 aromatic heterocycles. The summed E-state index contributed by atoms with van der Waals surface area (Å²) in [5, 5.41) is 0. The number of hydrogen-bond acceptors (Lipinski definition) is 2. The van der Waals surface area contributed by atoms with Crippen molar-refractivity contribution in [2.45, 2.75) is 31.9 Å². The maximum absolute atomic E-state index is 11.9. The number of halogens is 1. The number of rotatable bonds is 2. The number of thioether (sulfide) groups is 1. The monoisotopic (exact) mass is 249 g/mol. The zero-order valence-electron chi connectivity index (χ0n) is 9.75. The summed E-state index contributed by atoms with van der Waals surface area (Å²) in [7, 11) is 0. The van der Waals surface area contributed by atoms with E-state index < -0.39 is 0 Å². The molecule has 0 aliphatic carbocycles. The smallest absolute Gasteiger partial charge is 0.226 e. The predicted molar refractivity (Wildman–Crippen MR) is 67.6 cm³/mol. The number of amides is 1. The molecule has 1 heterocycles. The highest BCUT2D eigenvalue weighted by Crippen LogP contribution is 2.30. The molecule has 0 bridgehead atoms. The van der Waals surface area contributed by atoms with E-state index in [0.717, 1.165) is 25.3 Å². The minimum absolute atomic E-state index is 0.0436. The van der Waals surface area contributed by atoms with Crippen LogP contribution in [0.2, 0.25) is 0 Å². The van der Waals surface area contributed by atoms with Crippen molar-refractivity contribution in [3.8, 4) is 0 Å². The SMILES string of the molecule is CC(CCl)C(=O)N1CCSC(C)(C)CC1. The van der Waals surface area contributed by atoms with Gasteiger partial charge in [0.15, 0.2) is 0 Å². The summed E-state index contributed by atoms with van der Waals surface area (Å²) in [4.78, 5) is 13.9. The van der Waals surface area contributed by atoms with Crippen molar-refractivity contribution < 1.29 is 4.79 Å². The Labute approximate surface area is 102 Å². The van der Waals surface area contributed by atoms with Crippen molar-refractivity contribution in [1.29, 1.82) is 0 Å². The Balaban J connectivity index is 2.54. The number of hydrogen-bond donors (Lipinski definition) is 0. The Morgan fingerprint density at radius 1 is 1.53 bits per heavy atom. The van der Waals surface area contributed by atoms with E-state index in [0.29, 0.717) is 10.6 Å². The molecule has 0 saturated carbocycles. The topological polar surface area (TPSA) is 20.3 Å². The Bertz CT molecular complexity index is 233. The summed E-state index contributed by atoms with van der Waals surface area (Å²) >= 11 is 7.67. The minimum atomic E-state index is -0.0436. The van der Waals surface area contributed by atoms with Crippen molar-refractivity contribution in [3.05, 3.63) is 0 Å². The van der Waals surface area contributed by atoms with Crippen molar-refractivity contribution in [3.63, 3.8) is 0 Å². The zero-order valence-corrected chi connectivity index (χ0v) is 11.3. The fourth-order valence-corrected chi connectivity index (χ4v) is 2.85. The van der Waals surface area contributed by atoms with Crippen LogP contribution in [0.5, 0.6) is 0 Å². The van der Waals surface area contributed by atoms with Crippen LogP contribution in [0.4, 0.5) is 0 Å². The minimum Gasteiger partial charge on any atom is -0.342 e. The number of carbonyl (C=O) groups is 1. The van der Waals surface area contributed by atoms with Gasteiger partial charge in [-0.15, -0.1) is 11.6 Å². The number of carbonyl (C=O) groups excluding carboxylic acids is 1. The molecule has 0 N–H and O–H groups in total. The van der Waals surface area contributed by atoms with Crippen LogP contribution >= 0.6 is 23.4 Å². The maximum Gasteiger partial charge on any atom is 0.226 e. The predicted octanol–water partition coefficient (Wildman–Crippen LogP) is 2.61. The highest BCUT2D eigenvalue weighted by molar-refractivity contribution is 8.00. The standard InChI is InChI=1S/C11H20ClNOS/c1-9(8-12)10(14)13-5-4-11(2,3)15-7-6-13/h9H,4-8H2,1-3H3. The Hall–Kier alpha value is 0.110. The highest BCUT2D eigenvalue weighted by atomic mass is 35.5. The van der Waals surface area contributed by atoms with Gasteiger partial charge in [0.05, 0.1) is 0 Å². The third kappa shape index (κ3) is 3.87. The van der Waals surface area contributed by atoms with E-state index in [9.17, 15) is 4.79 Å². The maximum atomic E-state index is 11.9. The summed E-state index contributed by atoms with van der Waals surface area (Å²) in [6.07, 6.45) is 1.07. The molecular weight excluding hydrogens is 230 g/mol. The van der Waals surface area contributed by atoms with Gasteiger partial charge in [0, 0.05) is 35.4 Å². The molecule has 15 heavy (non-hydrogen) atoms. The second-order valence-electron chi connectivity index (χ2n) is 4.74. The van der Waals surface area contributed by atoms with Crippen LogP contribution in [0.15, 0.2) is 0 Å². The van der Waals surface area contributed by atoms with Gasteiger partial charge in [0.2, 0.25) is 5.91 Å². The molecule has 88 valence electrons. The molecule has 1 unspecified atom stereocenters. The molecule has 0 spiro atoms. The molecule has 1 fully saturated rings. The summed E-state index contributed by atoms with van der Waals surface area (Å²) < 4.78 is 0.305. The van der Waals surface area contributed by atoms with Gasteiger partial charge in [-0.3, -0.25) is 4.79 Å². The van der Waals surface area contributed by atoms with Gasteiger partial charge >= 0.3 is 0 Å². The van der Waals surface area contributed by atoms with E-state index in [-0.39, 0.29) is 11.8 Å². The average Bonchev–Trinajstić information content (AvgIpc) is 2.37. The molecule has 0 radical (unpaired) electrons. The van der Waals surface area contributed by atoms with Crippen molar-refractivity contribution in [2.24, 2.45) is 5.92 Å². The Morgan fingerprint density at radius 3 is 2.80 bits per heavy atom. The van der Waals surface area contributed by atoms with Gasteiger partial charge in [-0.2, -0.15) is 11.8 Å². The summed E-state index contributed by atoms with van der Waals surface area (Å²) in [5.74, 6) is 1.63. The summed E-state index contributed by atoms with van der Waals surface area (Å²) in [6, 6.07) is 0. The quantitative estimate of drug-likeness (QED) is 0.702. The van der Waals surface area contributed by atoms with Gasteiger partial charge in [-0.05, 0) is 6.42 Å². The first-order chi connectivity index (χ1) is 6.96. The molecule has 1 atom stereocenters. The van der Waals surface area contributed by atoms with Crippen LogP contribution in [0.1, 0.15) is 27.2 Å². The van der Waals surface area contributed by atoms with Crippen LogP contribution in [-0.2, 0) is 4.79 Å². The van der Waals surface area contributed by atoms with Crippen LogP contribution in [0.25, 0.3) is 0 Å². The molecule has 1 amide bonds. The van der Waals surface area contributed by atoms with Crippen molar-refractivity contribution in [2.75, 3.05) is 24.7 Å². The second-order valence-corrected chi connectivity index (χ2v) is 6.85. The first-order valence-corrected chi connectivity index (χ1v) is 6.97. The first kappa shape index (κ1) is 13.2. The molecule has 0 aromatic rings. The lowest BCUT2D eigenvalue weighted by Crippen LogP contribution is -2.37. The van der Waals surface area contributed by atoms with Crippen LogP contribution in [0.3, 0.4) is 0 Å². The van der Waals surface area contributed by atoms with Crippen LogP contribution in [-0.4, -0.2) is 40.3 Å². The van der Waals surface area contributed by atoms with Crippen molar-refractivity contribution >= 4 is 29.3 Å². The zero-order chi connectivity index (χ0) is 11.5. The fraction of sp³-hybridized carbons (Fsp3) is 0.909. The second kappa shape index (κ2) is 5.44. The third-order valence-corrected chi connectivity index (χ3v) is 4.64. The number of nitrogens with zero attached hydrogens (tertiary/aromatic N) is 1. The van der Waals surface area contributed by atoms with Crippen LogP contribution < -0.4 is 0 Å². The van der Waals surface area contributed by atoms with E-state index in [1.165, 1.54) is 0 Å². The van der Waals surface area contributed by atoms with E-state index in [1.807, 2.05) is 23.6 Å². The Kier molecular flexibility index (Phi) is 4.78. The number of alkyl halides is 1. The van der Waals surface area contributed by atoms with Gasteiger partial charge in [-0.25, -0.2) is 0 Å². The third-order valence-electron chi connectivity index (χ3n) is 2.80. The largest absolute Gasteiger partial charge is 0.342 e. The molecule has 1 aliphatic heterocycles. The molecule has 1 rings (SSSR count). The molecule has 4 heteroatoms. The molecule has 1 aliphatic rings. The lowest BCUT2D eigenvalue weighted by Gasteiger charge is -2.24. The van der Waals surface area contributed by atoms with Gasteiger partial charge in [-0.1, -0.05) is 20.8 Å². The lowest BCUT2D eigenvalue weighted by atomic mass is 10.1. The van der Waals surface area contributed by atoms with Gasteiger partial charge < -0.3 is 4.90 Å². The Morgan fingerprint density at radius 2 is 2.20 bits per heavy atom. The van der Waals surface area contributed by atoms with Gasteiger partial charge in [0.25, 0.3) is 0 Å². The molecule has 0 aromatic carbocycles. The van der Waals surface area contributed by atoms with E-state index in [4.69, 9.17) is 11.6 Å². The molecule has 1 saturated heterocycles. The van der Waals surface area contributed by atoms with E-state index >= 15 is 0 Å². The van der Waals surface area contributed by atoms with Gasteiger partial charge in [0.1, 0.15) is 0 Å².